The first-order valence-electron chi connectivity index (χ1n) is 5.21. The van der Waals surface area contributed by atoms with Crippen LogP contribution < -0.4 is 5.32 Å². The van der Waals surface area contributed by atoms with E-state index in [4.69, 9.17) is 0 Å². The highest BCUT2D eigenvalue weighted by Crippen LogP contribution is 2.18. The first-order chi connectivity index (χ1) is 8.56. The largest absolute Gasteiger partial charge is 0.321 e. The summed E-state index contributed by atoms with van der Waals surface area (Å²) in [6.07, 6.45) is 0.00623. The summed E-state index contributed by atoms with van der Waals surface area (Å²) in [5.74, 6) is -2.08. The van der Waals surface area contributed by atoms with Gasteiger partial charge in [-0.3, -0.25) is 4.79 Å². The molecule has 3 nitrogen and oxygen atoms in total. The number of amides is 1. The quantitative estimate of drug-likeness (QED) is 0.930. The van der Waals surface area contributed by atoms with Gasteiger partial charge in [0.05, 0.1) is 6.42 Å². The van der Waals surface area contributed by atoms with Gasteiger partial charge in [0.25, 0.3) is 0 Å². The van der Waals surface area contributed by atoms with Crippen molar-refractivity contribution in [1.29, 1.82) is 0 Å². The van der Waals surface area contributed by atoms with Crippen molar-refractivity contribution in [3.63, 3.8) is 0 Å². The Kier molecular flexibility index (Phi) is 3.66. The number of nitrogens with zero attached hydrogens (tertiary/aromatic N) is 1. The average molecular weight is 268 g/mol. The van der Waals surface area contributed by atoms with E-state index >= 15 is 0 Å². The molecule has 18 heavy (non-hydrogen) atoms. The number of benzene rings is 1. The highest BCUT2D eigenvalue weighted by molar-refractivity contribution is 7.09. The SMILES string of the molecule is Cc1csc(CC(=O)Nc2c(F)cccc2F)n1. The van der Waals surface area contributed by atoms with Crippen LogP contribution in [0.3, 0.4) is 0 Å². The van der Waals surface area contributed by atoms with Crippen molar-refractivity contribution < 1.29 is 13.6 Å². The van der Waals surface area contributed by atoms with Crippen molar-refractivity contribution in [3.05, 3.63) is 45.9 Å². The van der Waals surface area contributed by atoms with Gasteiger partial charge >= 0.3 is 0 Å². The summed E-state index contributed by atoms with van der Waals surface area (Å²) in [6.45, 7) is 1.81. The minimum Gasteiger partial charge on any atom is -0.321 e. The van der Waals surface area contributed by atoms with Gasteiger partial charge in [-0.25, -0.2) is 13.8 Å². The maximum atomic E-state index is 13.3. The molecule has 1 amide bonds. The Hall–Kier alpha value is -1.82. The summed E-state index contributed by atoms with van der Waals surface area (Å²) >= 11 is 1.34. The molecule has 2 rings (SSSR count). The Bertz CT molecular complexity index is 563. The van der Waals surface area contributed by atoms with Crippen LogP contribution in [0.4, 0.5) is 14.5 Å². The summed E-state index contributed by atoms with van der Waals surface area (Å²) in [7, 11) is 0. The summed E-state index contributed by atoms with van der Waals surface area (Å²) in [6, 6.07) is 3.42. The van der Waals surface area contributed by atoms with Crippen molar-refractivity contribution in [2.75, 3.05) is 5.32 Å². The number of thiazole rings is 1. The number of hydrogen-bond acceptors (Lipinski definition) is 3. The lowest BCUT2D eigenvalue weighted by Gasteiger charge is -2.06. The number of halogens is 2. The molecule has 0 aliphatic carbocycles. The maximum Gasteiger partial charge on any atom is 0.231 e. The molecule has 0 radical (unpaired) electrons. The third-order valence-electron chi connectivity index (χ3n) is 2.21. The van der Waals surface area contributed by atoms with Crippen LogP contribution in [-0.2, 0) is 11.2 Å². The highest BCUT2D eigenvalue weighted by Gasteiger charge is 2.13. The van der Waals surface area contributed by atoms with Gasteiger partial charge in [-0.1, -0.05) is 6.07 Å². The average Bonchev–Trinajstić information content (AvgIpc) is 2.69. The zero-order chi connectivity index (χ0) is 13.1. The summed E-state index contributed by atoms with van der Waals surface area (Å²) in [5.41, 5.74) is 0.399. The van der Waals surface area contributed by atoms with Crippen molar-refractivity contribution in [3.8, 4) is 0 Å². The standard InChI is InChI=1S/C12H10F2N2OS/c1-7-6-18-11(15-7)5-10(17)16-12-8(13)3-2-4-9(12)14/h2-4,6H,5H2,1H3,(H,16,17). The molecule has 0 aliphatic rings. The van der Waals surface area contributed by atoms with Crippen LogP contribution >= 0.6 is 11.3 Å². The molecule has 1 heterocycles. The minimum atomic E-state index is -0.793. The number of anilines is 1. The van der Waals surface area contributed by atoms with E-state index in [-0.39, 0.29) is 6.42 Å². The number of rotatable bonds is 3. The topological polar surface area (TPSA) is 42.0 Å². The fourth-order valence-electron chi connectivity index (χ4n) is 1.42. The Morgan fingerprint density at radius 1 is 1.39 bits per heavy atom. The lowest BCUT2D eigenvalue weighted by atomic mass is 10.3. The Labute approximate surface area is 106 Å². The van der Waals surface area contributed by atoms with Crippen LogP contribution in [0.2, 0.25) is 0 Å². The molecule has 1 N–H and O–H groups in total. The number of hydrogen-bond donors (Lipinski definition) is 1. The Morgan fingerprint density at radius 3 is 2.61 bits per heavy atom. The van der Waals surface area contributed by atoms with Crippen LogP contribution in [0.1, 0.15) is 10.7 Å². The molecule has 1 aromatic heterocycles. The zero-order valence-electron chi connectivity index (χ0n) is 9.54. The third-order valence-corrected chi connectivity index (χ3v) is 3.17. The van der Waals surface area contributed by atoms with Gasteiger partial charge < -0.3 is 5.32 Å². The van der Waals surface area contributed by atoms with Gasteiger partial charge in [-0.05, 0) is 19.1 Å². The highest BCUT2D eigenvalue weighted by atomic mass is 32.1. The molecule has 0 bridgehead atoms. The lowest BCUT2D eigenvalue weighted by molar-refractivity contribution is -0.115. The van der Waals surface area contributed by atoms with Crippen molar-refractivity contribution in [2.24, 2.45) is 0 Å². The molecule has 0 atom stereocenters. The summed E-state index contributed by atoms with van der Waals surface area (Å²) in [5, 5.41) is 4.64. The van der Waals surface area contributed by atoms with Crippen LogP contribution in [0.5, 0.6) is 0 Å². The van der Waals surface area contributed by atoms with E-state index in [0.29, 0.717) is 5.01 Å². The zero-order valence-corrected chi connectivity index (χ0v) is 10.4. The van der Waals surface area contributed by atoms with Crippen LogP contribution in [-0.4, -0.2) is 10.9 Å². The van der Waals surface area contributed by atoms with E-state index < -0.39 is 23.2 Å². The van der Waals surface area contributed by atoms with Gasteiger partial charge in [0.15, 0.2) is 0 Å². The number of aromatic nitrogens is 1. The lowest BCUT2D eigenvalue weighted by Crippen LogP contribution is -2.16. The number of aryl methyl sites for hydroxylation is 1. The third kappa shape index (κ3) is 2.89. The van der Waals surface area contributed by atoms with E-state index in [1.807, 2.05) is 12.3 Å². The molecule has 6 heteroatoms. The molecule has 0 fully saturated rings. The molecular weight excluding hydrogens is 258 g/mol. The molecular formula is C12H10F2N2OS. The molecule has 0 aliphatic heterocycles. The number of carbonyl (C=O) groups is 1. The molecule has 0 spiro atoms. The van der Waals surface area contributed by atoms with Gasteiger partial charge in [0.1, 0.15) is 22.3 Å². The second kappa shape index (κ2) is 5.22. The van der Waals surface area contributed by atoms with E-state index in [2.05, 4.69) is 10.3 Å². The fraction of sp³-hybridized carbons (Fsp3) is 0.167. The normalized spacial score (nSPS) is 10.4. The first kappa shape index (κ1) is 12.6. The van der Waals surface area contributed by atoms with Crippen LogP contribution in [0.15, 0.2) is 23.6 Å². The van der Waals surface area contributed by atoms with E-state index in [0.717, 1.165) is 17.8 Å². The smallest absolute Gasteiger partial charge is 0.231 e. The van der Waals surface area contributed by atoms with Crippen molar-refractivity contribution in [2.45, 2.75) is 13.3 Å². The molecule has 0 unspecified atom stereocenters. The van der Waals surface area contributed by atoms with Crippen molar-refractivity contribution >= 4 is 22.9 Å². The number of para-hydroxylation sites is 1. The Balaban J connectivity index is 2.08. The van der Waals surface area contributed by atoms with Crippen molar-refractivity contribution in [1.82, 2.24) is 4.98 Å². The summed E-state index contributed by atoms with van der Waals surface area (Å²) < 4.78 is 26.6. The molecule has 0 saturated carbocycles. The van der Waals surface area contributed by atoms with Gasteiger partial charge in [-0.15, -0.1) is 11.3 Å². The Morgan fingerprint density at radius 2 is 2.06 bits per heavy atom. The molecule has 2 aromatic rings. The molecule has 1 aromatic carbocycles. The van der Waals surface area contributed by atoms with E-state index in [9.17, 15) is 13.6 Å². The predicted octanol–water partition coefficient (Wildman–Crippen LogP) is 2.91. The maximum absolute atomic E-state index is 13.3. The van der Waals surface area contributed by atoms with Gasteiger partial charge in [0.2, 0.25) is 5.91 Å². The predicted molar refractivity (Wildman–Crippen MR) is 65.5 cm³/mol. The number of nitrogens with one attached hydrogen (secondary N) is 1. The van der Waals surface area contributed by atoms with E-state index in [1.54, 1.807) is 0 Å². The number of carbonyl (C=O) groups excluding carboxylic acids is 1. The summed E-state index contributed by atoms with van der Waals surface area (Å²) in [4.78, 5) is 15.7. The monoisotopic (exact) mass is 268 g/mol. The first-order valence-corrected chi connectivity index (χ1v) is 6.09. The fourth-order valence-corrected chi connectivity index (χ4v) is 2.19. The van der Waals surface area contributed by atoms with Crippen LogP contribution in [0.25, 0.3) is 0 Å². The van der Waals surface area contributed by atoms with Gasteiger partial charge in [-0.2, -0.15) is 0 Å². The minimum absolute atomic E-state index is 0.00623. The molecule has 0 saturated heterocycles. The second-order valence-electron chi connectivity index (χ2n) is 3.70. The van der Waals surface area contributed by atoms with E-state index in [1.165, 1.54) is 17.4 Å². The van der Waals surface area contributed by atoms with Crippen LogP contribution in [0, 0.1) is 18.6 Å². The van der Waals surface area contributed by atoms with Gasteiger partial charge in [0, 0.05) is 11.1 Å². The molecule has 94 valence electrons. The second-order valence-corrected chi connectivity index (χ2v) is 4.65.